The molecule has 28 heavy (non-hydrogen) atoms. The van der Waals surface area contributed by atoms with Crippen molar-refractivity contribution in [1.82, 2.24) is 10.2 Å². The third-order valence-corrected chi connectivity index (χ3v) is 5.46. The molecule has 1 saturated heterocycles. The summed E-state index contributed by atoms with van der Waals surface area (Å²) in [5.41, 5.74) is 2.33. The van der Waals surface area contributed by atoms with Gasteiger partial charge in [-0.15, -0.1) is 0 Å². The van der Waals surface area contributed by atoms with Gasteiger partial charge in [0.05, 0.1) is 0 Å². The molecular formula is C23H24ClN3O. The molecule has 0 atom stereocenters. The highest BCUT2D eigenvalue weighted by Gasteiger charge is 2.19. The number of piperidine rings is 1. The van der Waals surface area contributed by atoms with Crippen molar-refractivity contribution >= 4 is 17.5 Å². The molecular weight excluding hydrogens is 370 g/mol. The van der Waals surface area contributed by atoms with Crippen LogP contribution in [-0.4, -0.2) is 23.9 Å². The number of hydrogen-bond acceptors (Lipinski definition) is 3. The van der Waals surface area contributed by atoms with Crippen LogP contribution in [0.1, 0.15) is 24.0 Å². The first-order valence-corrected chi connectivity index (χ1v) is 9.95. The molecule has 4 nitrogen and oxygen atoms in total. The molecule has 1 aliphatic rings. The molecule has 0 bridgehead atoms. The number of amides is 1. The molecule has 144 valence electrons. The molecule has 1 fully saturated rings. The van der Waals surface area contributed by atoms with Gasteiger partial charge >= 0.3 is 0 Å². The molecule has 0 aliphatic carbocycles. The maximum absolute atomic E-state index is 12.4. The fourth-order valence-electron chi connectivity index (χ4n) is 3.47. The minimum absolute atomic E-state index is 0.133. The topological polar surface area (TPSA) is 56.1 Å². The fourth-order valence-corrected chi connectivity index (χ4v) is 3.67. The molecule has 3 rings (SSSR count). The van der Waals surface area contributed by atoms with Gasteiger partial charge in [-0.2, -0.15) is 5.26 Å². The van der Waals surface area contributed by atoms with E-state index in [-0.39, 0.29) is 11.5 Å². The Morgan fingerprint density at radius 3 is 2.50 bits per heavy atom. The number of carbonyl (C=O) groups excluding carboxylic acids is 1. The SMILES string of the molecule is N#C/C(=C/N1CCC(Cc2ccccc2)CC1)C(=O)NCc1ccccc1Cl. The average Bonchev–Trinajstić information content (AvgIpc) is 2.73. The van der Waals surface area contributed by atoms with E-state index >= 15 is 0 Å². The minimum Gasteiger partial charge on any atom is -0.376 e. The third kappa shape index (κ3) is 5.61. The summed E-state index contributed by atoms with van der Waals surface area (Å²) in [5, 5.41) is 12.8. The number of benzene rings is 2. The molecule has 0 aromatic heterocycles. The van der Waals surface area contributed by atoms with Crippen molar-refractivity contribution in [3.05, 3.63) is 82.5 Å². The van der Waals surface area contributed by atoms with Crippen LogP contribution in [-0.2, 0) is 17.8 Å². The lowest BCUT2D eigenvalue weighted by molar-refractivity contribution is -0.117. The van der Waals surface area contributed by atoms with Crippen LogP contribution in [0.4, 0.5) is 0 Å². The predicted molar refractivity (Wildman–Crippen MR) is 111 cm³/mol. The van der Waals surface area contributed by atoms with Gasteiger partial charge in [-0.1, -0.05) is 60.1 Å². The Labute approximate surface area is 171 Å². The maximum atomic E-state index is 12.4. The average molecular weight is 394 g/mol. The van der Waals surface area contributed by atoms with Crippen LogP contribution in [0, 0.1) is 17.2 Å². The summed E-state index contributed by atoms with van der Waals surface area (Å²) in [5.74, 6) is 0.278. The Kier molecular flexibility index (Phi) is 7.11. The monoisotopic (exact) mass is 393 g/mol. The highest BCUT2D eigenvalue weighted by atomic mass is 35.5. The van der Waals surface area contributed by atoms with Gasteiger partial charge in [-0.05, 0) is 42.4 Å². The molecule has 1 amide bonds. The summed E-state index contributed by atoms with van der Waals surface area (Å²) < 4.78 is 0. The van der Waals surface area contributed by atoms with Gasteiger partial charge in [0.15, 0.2) is 0 Å². The Hall–Kier alpha value is -2.77. The van der Waals surface area contributed by atoms with Crippen LogP contribution in [0.3, 0.4) is 0 Å². The number of carbonyl (C=O) groups is 1. The van der Waals surface area contributed by atoms with Gasteiger partial charge in [0.25, 0.3) is 5.91 Å². The molecule has 0 radical (unpaired) electrons. The Morgan fingerprint density at radius 2 is 1.82 bits per heavy atom. The number of likely N-dealkylation sites (tertiary alicyclic amines) is 1. The number of nitriles is 1. The van der Waals surface area contributed by atoms with Crippen LogP contribution >= 0.6 is 11.6 Å². The second kappa shape index (κ2) is 9.96. The maximum Gasteiger partial charge on any atom is 0.263 e. The number of rotatable bonds is 6. The zero-order valence-corrected chi connectivity index (χ0v) is 16.5. The normalized spacial score (nSPS) is 15.1. The second-order valence-electron chi connectivity index (χ2n) is 7.10. The lowest BCUT2D eigenvalue weighted by Crippen LogP contribution is -2.32. The summed E-state index contributed by atoms with van der Waals surface area (Å²) in [7, 11) is 0. The van der Waals surface area contributed by atoms with E-state index in [9.17, 15) is 10.1 Å². The van der Waals surface area contributed by atoms with Crippen LogP contribution in [0.15, 0.2) is 66.4 Å². The van der Waals surface area contributed by atoms with Crippen LogP contribution < -0.4 is 5.32 Å². The summed E-state index contributed by atoms with van der Waals surface area (Å²) in [6, 6.07) is 19.9. The van der Waals surface area contributed by atoms with Crippen molar-refractivity contribution in [1.29, 1.82) is 5.26 Å². The first kappa shape index (κ1) is 20.0. The molecule has 0 unspecified atom stereocenters. The van der Waals surface area contributed by atoms with Gasteiger partial charge < -0.3 is 10.2 Å². The van der Waals surface area contributed by atoms with Crippen molar-refractivity contribution < 1.29 is 4.79 Å². The first-order valence-electron chi connectivity index (χ1n) is 9.57. The quantitative estimate of drug-likeness (QED) is 0.587. The Bertz CT molecular complexity index is 865. The Balaban J connectivity index is 1.51. The van der Waals surface area contributed by atoms with E-state index in [2.05, 4.69) is 34.5 Å². The second-order valence-corrected chi connectivity index (χ2v) is 7.50. The Morgan fingerprint density at radius 1 is 1.14 bits per heavy atom. The van der Waals surface area contributed by atoms with Gasteiger partial charge in [-0.25, -0.2) is 0 Å². The highest BCUT2D eigenvalue weighted by Crippen LogP contribution is 2.22. The molecule has 0 saturated carbocycles. The number of hydrogen-bond donors (Lipinski definition) is 1. The molecule has 1 heterocycles. The fraction of sp³-hybridized carbons (Fsp3) is 0.304. The van der Waals surface area contributed by atoms with E-state index in [1.807, 2.05) is 30.3 Å². The first-order chi connectivity index (χ1) is 13.7. The number of halogens is 1. The van der Waals surface area contributed by atoms with Crippen molar-refractivity contribution in [3.8, 4) is 6.07 Å². The van der Waals surface area contributed by atoms with E-state index in [0.717, 1.165) is 37.9 Å². The standard InChI is InChI=1S/C23H24ClN3O/c24-22-9-5-4-8-20(22)16-26-23(28)21(15-25)17-27-12-10-19(11-13-27)14-18-6-2-1-3-7-18/h1-9,17,19H,10-14,16H2,(H,26,28)/b21-17-. The van der Waals surface area contributed by atoms with E-state index < -0.39 is 0 Å². The summed E-state index contributed by atoms with van der Waals surface area (Å²) >= 11 is 6.11. The summed E-state index contributed by atoms with van der Waals surface area (Å²) in [6.07, 6.45) is 4.90. The number of nitrogens with zero attached hydrogens (tertiary/aromatic N) is 2. The third-order valence-electron chi connectivity index (χ3n) is 5.09. The lowest BCUT2D eigenvalue weighted by atomic mass is 9.90. The zero-order chi connectivity index (χ0) is 19.8. The largest absolute Gasteiger partial charge is 0.376 e. The molecule has 2 aromatic carbocycles. The van der Waals surface area contributed by atoms with E-state index in [4.69, 9.17) is 11.6 Å². The van der Waals surface area contributed by atoms with Crippen molar-refractivity contribution in [2.75, 3.05) is 13.1 Å². The smallest absolute Gasteiger partial charge is 0.263 e. The van der Waals surface area contributed by atoms with Crippen molar-refractivity contribution in [2.45, 2.75) is 25.8 Å². The van der Waals surface area contributed by atoms with Gasteiger partial charge in [-0.3, -0.25) is 4.79 Å². The molecule has 5 heteroatoms. The van der Waals surface area contributed by atoms with Crippen molar-refractivity contribution in [3.63, 3.8) is 0 Å². The highest BCUT2D eigenvalue weighted by molar-refractivity contribution is 6.31. The van der Waals surface area contributed by atoms with Crippen molar-refractivity contribution in [2.24, 2.45) is 5.92 Å². The molecule has 1 N–H and O–H groups in total. The molecule has 0 spiro atoms. The van der Waals surface area contributed by atoms with Gasteiger partial charge in [0.1, 0.15) is 11.6 Å². The zero-order valence-electron chi connectivity index (χ0n) is 15.8. The van der Waals surface area contributed by atoms with E-state index in [0.29, 0.717) is 17.5 Å². The molecule has 2 aromatic rings. The minimum atomic E-state index is -0.367. The predicted octanol–water partition coefficient (Wildman–Crippen LogP) is 4.32. The van der Waals surface area contributed by atoms with Crippen LogP contribution in [0.5, 0.6) is 0 Å². The van der Waals surface area contributed by atoms with Crippen LogP contribution in [0.2, 0.25) is 5.02 Å². The lowest BCUT2D eigenvalue weighted by Gasteiger charge is -2.31. The van der Waals surface area contributed by atoms with E-state index in [1.54, 1.807) is 12.3 Å². The van der Waals surface area contributed by atoms with Gasteiger partial charge in [0.2, 0.25) is 0 Å². The summed E-state index contributed by atoms with van der Waals surface area (Å²) in [6.45, 7) is 2.03. The van der Waals surface area contributed by atoms with E-state index in [1.165, 1.54) is 5.56 Å². The summed E-state index contributed by atoms with van der Waals surface area (Å²) in [4.78, 5) is 14.4. The van der Waals surface area contributed by atoms with Gasteiger partial charge in [0, 0.05) is 30.9 Å². The molecule has 1 aliphatic heterocycles. The van der Waals surface area contributed by atoms with Crippen LogP contribution in [0.25, 0.3) is 0 Å². The number of nitrogens with one attached hydrogen (secondary N) is 1.